The molecule has 2 aromatic heterocycles. The van der Waals surface area contributed by atoms with Gasteiger partial charge in [-0.3, -0.25) is 4.68 Å². The van der Waals surface area contributed by atoms with Crippen molar-refractivity contribution < 1.29 is 17.9 Å². The fourth-order valence-corrected chi connectivity index (χ4v) is 2.96. The van der Waals surface area contributed by atoms with Gasteiger partial charge in [-0.05, 0) is 30.2 Å². The number of halogens is 4. The Labute approximate surface area is 207 Å². The van der Waals surface area contributed by atoms with Gasteiger partial charge >= 0.3 is 6.18 Å². The lowest BCUT2D eigenvalue weighted by molar-refractivity contribution is -0.154. The molecule has 0 aliphatic carbocycles. The molecule has 2 N–H and O–H groups in total. The predicted octanol–water partition coefficient (Wildman–Crippen LogP) is 4.14. The highest BCUT2D eigenvalue weighted by Gasteiger charge is 2.29. The molecule has 2 heterocycles. The van der Waals surface area contributed by atoms with Gasteiger partial charge in [0.25, 0.3) is 0 Å². The Hall–Kier alpha value is -2.83. The largest absolute Gasteiger partial charge is 0.468 e. The monoisotopic (exact) mass is 574 g/mol. The van der Waals surface area contributed by atoms with Gasteiger partial charge in [-0.2, -0.15) is 18.3 Å². The van der Waals surface area contributed by atoms with Gasteiger partial charge in [-0.15, -0.1) is 24.0 Å². The summed E-state index contributed by atoms with van der Waals surface area (Å²) in [5.74, 6) is 0.459. The van der Waals surface area contributed by atoms with Crippen LogP contribution in [0.2, 0.25) is 0 Å². The average Bonchev–Trinajstić information content (AvgIpc) is 3.28. The molecular formula is C22H26F3IN6O. The summed E-state index contributed by atoms with van der Waals surface area (Å²) in [6.45, 7) is 2.45. The van der Waals surface area contributed by atoms with Crippen molar-refractivity contribution in [3.8, 4) is 5.88 Å². The van der Waals surface area contributed by atoms with Crippen molar-refractivity contribution >= 4 is 29.9 Å². The van der Waals surface area contributed by atoms with Crippen LogP contribution in [0.15, 0.2) is 66.0 Å². The fourth-order valence-electron chi connectivity index (χ4n) is 2.96. The zero-order valence-corrected chi connectivity index (χ0v) is 20.4. The predicted molar refractivity (Wildman–Crippen MR) is 131 cm³/mol. The summed E-state index contributed by atoms with van der Waals surface area (Å²) in [5, 5.41) is 10.7. The van der Waals surface area contributed by atoms with Gasteiger partial charge in [0.2, 0.25) is 5.88 Å². The minimum absolute atomic E-state index is 0. The summed E-state index contributed by atoms with van der Waals surface area (Å²) in [6.07, 6.45) is 0.598. The molecule has 0 radical (unpaired) electrons. The van der Waals surface area contributed by atoms with Gasteiger partial charge < -0.3 is 15.4 Å². The second-order valence-corrected chi connectivity index (χ2v) is 6.89. The van der Waals surface area contributed by atoms with Crippen LogP contribution in [-0.4, -0.2) is 40.1 Å². The topological polar surface area (TPSA) is 76.4 Å². The van der Waals surface area contributed by atoms with Gasteiger partial charge in [0.05, 0.1) is 13.1 Å². The molecule has 0 saturated heterocycles. The maximum Gasteiger partial charge on any atom is 0.422 e. The van der Waals surface area contributed by atoms with E-state index in [0.717, 1.165) is 11.1 Å². The van der Waals surface area contributed by atoms with Crippen LogP contribution in [0.1, 0.15) is 23.6 Å². The first-order valence-corrected chi connectivity index (χ1v) is 10.1. The highest BCUT2D eigenvalue weighted by atomic mass is 127. The number of aliphatic imine (C=N–C) groups is 1. The van der Waals surface area contributed by atoms with E-state index in [1.54, 1.807) is 18.3 Å². The third kappa shape index (κ3) is 8.91. The maximum atomic E-state index is 12.5. The van der Waals surface area contributed by atoms with E-state index in [1.807, 2.05) is 48.1 Å². The van der Waals surface area contributed by atoms with E-state index in [9.17, 15) is 13.2 Å². The minimum Gasteiger partial charge on any atom is -0.468 e. The van der Waals surface area contributed by atoms with Crippen LogP contribution in [0.3, 0.4) is 0 Å². The number of nitrogens with one attached hydrogen (secondary N) is 2. The van der Waals surface area contributed by atoms with E-state index in [0.29, 0.717) is 31.2 Å². The van der Waals surface area contributed by atoms with Crippen LogP contribution in [-0.2, 0) is 19.6 Å². The zero-order valence-electron chi connectivity index (χ0n) is 18.0. The molecule has 11 heteroatoms. The van der Waals surface area contributed by atoms with Crippen LogP contribution in [0.4, 0.5) is 13.2 Å². The molecule has 0 amide bonds. The molecule has 1 aromatic carbocycles. The highest BCUT2D eigenvalue weighted by molar-refractivity contribution is 14.0. The van der Waals surface area contributed by atoms with Crippen LogP contribution < -0.4 is 15.4 Å². The minimum atomic E-state index is -4.43. The number of nitrogens with zero attached hydrogens (tertiary/aromatic N) is 4. The van der Waals surface area contributed by atoms with Crippen molar-refractivity contribution in [2.24, 2.45) is 4.99 Å². The lowest BCUT2D eigenvalue weighted by atomic mass is 10.1. The van der Waals surface area contributed by atoms with E-state index >= 15 is 0 Å². The van der Waals surface area contributed by atoms with Crippen LogP contribution in [0.25, 0.3) is 0 Å². The zero-order chi connectivity index (χ0) is 22.8. The quantitative estimate of drug-likeness (QED) is 0.228. The van der Waals surface area contributed by atoms with E-state index in [-0.39, 0.29) is 36.4 Å². The first kappa shape index (κ1) is 26.4. The Kier molecular flexibility index (Phi) is 10.4. The van der Waals surface area contributed by atoms with Crippen LogP contribution >= 0.6 is 24.0 Å². The van der Waals surface area contributed by atoms with Gasteiger partial charge in [0.1, 0.15) is 0 Å². The van der Waals surface area contributed by atoms with Crippen LogP contribution in [0.5, 0.6) is 5.88 Å². The Bertz CT molecular complexity index is 1010. The smallest absolute Gasteiger partial charge is 0.422 e. The number of guanidine groups is 1. The second kappa shape index (κ2) is 13.0. The SMILES string of the molecule is CCNC(=NCc1cccnc1OCC(F)(F)F)NCc1ccccc1Cn1cccn1.I. The third-order valence-corrected chi connectivity index (χ3v) is 4.43. The van der Waals surface area contributed by atoms with Gasteiger partial charge in [0, 0.05) is 37.2 Å². The standard InChI is InChI=1S/C22H25F3N6O.HI/c1-2-26-21(29-14-18-9-5-10-27-20(18)32-16-22(23,24)25)28-13-17-7-3-4-8-19(17)15-31-12-6-11-30-31;/h3-12H,2,13-16H2,1H3,(H2,26,28,29);1H. The number of pyridine rings is 1. The Balaban J connectivity index is 0.00000385. The van der Waals surface area contributed by atoms with Crippen molar-refractivity contribution in [2.45, 2.75) is 32.7 Å². The molecule has 3 aromatic rings. The van der Waals surface area contributed by atoms with E-state index in [2.05, 4.69) is 25.7 Å². The number of benzene rings is 1. The summed E-state index contributed by atoms with van der Waals surface area (Å²) in [6, 6.07) is 13.2. The molecule has 3 rings (SSSR count). The molecule has 0 bridgehead atoms. The molecule has 33 heavy (non-hydrogen) atoms. The number of hydrogen-bond acceptors (Lipinski definition) is 4. The molecule has 0 saturated carbocycles. The molecule has 0 aliphatic rings. The Morgan fingerprint density at radius 3 is 2.48 bits per heavy atom. The molecule has 178 valence electrons. The fraction of sp³-hybridized carbons (Fsp3) is 0.318. The number of aromatic nitrogens is 3. The van der Waals surface area contributed by atoms with E-state index in [1.165, 1.54) is 6.20 Å². The Morgan fingerprint density at radius 1 is 1.03 bits per heavy atom. The Morgan fingerprint density at radius 2 is 1.79 bits per heavy atom. The number of hydrogen-bond donors (Lipinski definition) is 2. The van der Waals surface area contributed by atoms with Crippen molar-refractivity contribution in [1.29, 1.82) is 0 Å². The normalized spacial score (nSPS) is 11.6. The molecule has 0 unspecified atom stereocenters. The van der Waals surface area contributed by atoms with Crippen molar-refractivity contribution in [3.63, 3.8) is 0 Å². The van der Waals surface area contributed by atoms with E-state index < -0.39 is 12.8 Å². The first-order chi connectivity index (χ1) is 15.4. The summed E-state index contributed by atoms with van der Waals surface area (Å²) in [4.78, 5) is 8.39. The molecular weight excluding hydrogens is 548 g/mol. The van der Waals surface area contributed by atoms with Gasteiger partial charge in [-0.1, -0.05) is 30.3 Å². The lowest BCUT2D eigenvalue weighted by Crippen LogP contribution is -2.37. The van der Waals surface area contributed by atoms with Crippen molar-refractivity contribution in [2.75, 3.05) is 13.2 Å². The van der Waals surface area contributed by atoms with Crippen molar-refractivity contribution in [1.82, 2.24) is 25.4 Å². The van der Waals surface area contributed by atoms with Gasteiger partial charge in [-0.25, -0.2) is 9.98 Å². The first-order valence-electron chi connectivity index (χ1n) is 10.1. The maximum absolute atomic E-state index is 12.5. The number of ether oxygens (including phenoxy) is 1. The number of alkyl halides is 3. The summed E-state index contributed by atoms with van der Waals surface area (Å²) in [7, 11) is 0. The molecule has 0 spiro atoms. The summed E-state index contributed by atoms with van der Waals surface area (Å²) < 4.78 is 44.2. The van der Waals surface area contributed by atoms with E-state index in [4.69, 9.17) is 4.74 Å². The average molecular weight is 574 g/mol. The van der Waals surface area contributed by atoms with Crippen molar-refractivity contribution in [3.05, 3.63) is 77.7 Å². The molecule has 7 nitrogen and oxygen atoms in total. The third-order valence-electron chi connectivity index (χ3n) is 4.43. The van der Waals surface area contributed by atoms with Crippen LogP contribution in [0, 0.1) is 0 Å². The molecule has 0 aliphatic heterocycles. The lowest BCUT2D eigenvalue weighted by Gasteiger charge is -2.15. The second-order valence-electron chi connectivity index (χ2n) is 6.89. The molecule has 0 atom stereocenters. The summed E-state index contributed by atoms with van der Waals surface area (Å²) >= 11 is 0. The van der Waals surface area contributed by atoms with Gasteiger partial charge in [0.15, 0.2) is 12.6 Å². The highest BCUT2D eigenvalue weighted by Crippen LogP contribution is 2.20. The summed E-state index contributed by atoms with van der Waals surface area (Å²) in [5.41, 5.74) is 2.67. The molecule has 0 fully saturated rings. The number of rotatable bonds is 9.